The summed E-state index contributed by atoms with van der Waals surface area (Å²) in [6.07, 6.45) is 3.89. The molecule has 0 unspecified atom stereocenters. The summed E-state index contributed by atoms with van der Waals surface area (Å²) in [5.74, 6) is -0.0923. The highest BCUT2D eigenvalue weighted by molar-refractivity contribution is 7.89. The first-order chi connectivity index (χ1) is 14.7. The van der Waals surface area contributed by atoms with E-state index in [0.717, 1.165) is 21.5 Å². The highest BCUT2D eigenvalue weighted by Crippen LogP contribution is 2.26. The Hall–Kier alpha value is -1.94. The molecule has 4 rings (SSSR count). The van der Waals surface area contributed by atoms with E-state index >= 15 is 0 Å². The number of H-pyrrole nitrogens is 1. The number of hydrogen-bond acceptors (Lipinski definition) is 5. The van der Waals surface area contributed by atoms with E-state index in [2.05, 4.69) is 9.97 Å². The third kappa shape index (κ3) is 4.95. The Labute approximate surface area is 191 Å². The number of amides is 1. The zero-order chi connectivity index (χ0) is 22.2. The van der Waals surface area contributed by atoms with Crippen LogP contribution >= 0.6 is 22.9 Å². The summed E-state index contributed by atoms with van der Waals surface area (Å²) in [7, 11) is -3.56. The van der Waals surface area contributed by atoms with Crippen molar-refractivity contribution in [1.29, 1.82) is 0 Å². The van der Waals surface area contributed by atoms with Crippen LogP contribution in [-0.4, -0.2) is 58.4 Å². The highest BCUT2D eigenvalue weighted by Gasteiger charge is 2.39. The van der Waals surface area contributed by atoms with Crippen LogP contribution in [0.4, 0.5) is 0 Å². The number of carbonyl (C=O) groups excluding carboxylic acids is 1. The minimum absolute atomic E-state index is 0.0308. The number of pyridine rings is 1. The number of thiophene rings is 1. The second kappa shape index (κ2) is 8.90. The Kier molecular flexibility index (Phi) is 6.39. The van der Waals surface area contributed by atoms with Crippen molar-refractivity contribution in [3.63, 3.8) is 0 Å². The number of aromatic amines is 1. The van der Waals surface area contributed by atoms with Crippen molar-refractivity contribution in [2.45, 2.75) is 32.9 Å². The van der Waals surface area contributed by atoms with Crippen molar-refractivity contribution in [3.8, 4) is 0 Å². The lowest BCUT2D eigenvalue weighted by atomic mass is 10.00. The molecule has 1 saturated heterocycles. The van der Waals surface area contributed by atoms with E-state index in [4.69, 9.17) is 11.6 Å². The van der Waals surface area contributed by atoms with E-state index in [0.29, 0.717) is 23.8 Å². The SMILES string of the molecule is CC(C)[C@H]1CN(S(=O)(=O)CCc2ccc(Cl)s2)CC(=O)N1Cc1cc2cnccc2[nH]1. The molecule has 0 radical (unpaired) electrons. The van der Waals surface area contributed by atoms with Crippen molar-refractivity contribution < 1.29 is 13.2 Å². The summed E-state index contributed by atoms with van der Waals surface area (Å²) in [6, 6.07) is 7.30. The van der Waals surface area contributed by atoms with Gasteiger partial charge < -0.3 is 9.88 Å². The molecule has 4 heterocycles. The largest absolute Gasteiger partial charge is 0.357 e. The fourth-order valence-corrected chi connectivity index (χ4v) is 6.57. The minimum atomic E-state index is -3.56. The first-order valence-corrected chi connectivity index (χ1v) is 13.0. The van der Waals surface area contributed by atoms with Crippen LogP contribution in [0.3, 0.4) is 0 Å². The molecule has 3 aromatic heterocycles. The molecule has 0 aromatic carbocycles. The van der Waals surface area contributed by atoms with Crippen LogP contribution in [0.1, 0.15) is 24.4 Å². The lowest BCUT2D eigenvalue weighted by Gasteiger charge is -2.42. The van der Waals surface area contributed by atoms with Crippen LogP contribution in [0.2, 0.25) is 4.34 Å². The van der Waals surface area contributed by atoms with E-state index in [9.17, 15) is 13.2 Å². The van der Waals surface area contributed by atoms with Crippen molar-refractivity contribution in [2.24, 2.45) is 5.92 Å². The van der Waals surface area contributed by atoms with Gasteiger partial charge in [0.2, 0.25) is 15.9 Å². The van der Waals surface area contributed by atoms with Crippen molar-refractivity contribution in [1.82, 2.24) is 19.2 Å². The van der Waals surface area contributed by atoms with E-state index in [1.165, 1.54) is 15.6 Å². The third-order valence-electron chi connectivity index (χ3n) is 5.64. The number of fused-ring (bicyclic) bond motifs is 1. The van der Waals surface area contributed by atoms with Gasteiger partial charge in [-0.25, -0.2) is 8.42 Å². The van der Waals surface area contributed by atoms with Crippen LogP contribution in [0, 0.1) is 5.92 Å². The van der Waals surface area contributed by atoms with Gasteiger partial charge in [0, 0.05) is 46.5 Å². The fourth-order valence-electron chi connectivity index (χ4n) is 3.93. The topological polar surface area (TPSA) is 86.4 Å². The summed E-state index contributed by atoms with van der Waals surface area (Å²) < 4.78 is 27.9. The molecule has 0 bridgehead atoms. The van der Waals surface area contributed by atoms with Crippen molar-refractivity contribution in [3.05, 3.63) is 51.6 Å². The first kappa shape index (κ1) is 22.3. The number of carbonyl (C=O) groups is 1. The summed E-state index contributed by atoms with van der Waals surface area (Å²) in [4.78, 5) is 23.2. The van der Waals surface area contributed by atoms with Gasteiger partial charge in [0.25, 0.3) is 0 Å². The summed E-state index contributed by atoms with van der Waals surface area (Å²) in [5.41, 5.74) is 1.88. The molecule has 31 heavy (non-hydrogen) atoms. The van der Waals surface area contributed by atoms with Gasteiger partial charge in [-0.3, -0.25) is 9.78 Å². The van der Waals surface area contributed by atoms with Crippen molar-refractivity contribution >= 4 is 49.8 Å². The predicted octanol–water partition coefficient (Wildman–Crippen LogP) is 3.52. The third-order valence-corrected chi connectivity index (χ3v) is 8.71. The number of sulfonamides is 1. The Bertz CT molecular complexity index is 1160. The average molecular weight is 481 g/mol. The smallest absolute Gasteiger partial charge is 0.238 e. The number of aromatic nitrogens is 2. The summed E-state index contributed by atoms with van der Waals surface area (Å²) in [5, 5.41) is 0.987. The van der Waals surface area contributed by atoms with Crippen LogP contribution in [0.5, 0.6) is 0 Å². The summed E-state index contributed by atoms with van der Waals surface area (Å²) >= 11 is 7.33. The molecule has 1 aliphatic rings. The zero-order valence-corrected chi connectivity index (χ0v) is 19.8. The fraction of sp³-hybridized carbons (Fsp3) is 0.429. The zero-order valence-electron chi connectivity index (χ0n) is 17.4. The average Bonchev–Trinajstić information content (AvgIpc) is 3.32. The normalized spacial score (nSPS) is 18.4. The monoisotopic (exact) mass is 480 g/mol. The number of nitrogens with one attached hydrogen (secondary N) is 1. The lowest BCUT2D eigenvalue weighted by molar-refractivity contribution is -0.139. The molecule has 1 N–H and O–H groups in total. The maximum Gasteiger partial charge on any atom is 0.238 e. The number of halogens is 1. The molecule has 0 spiro atoms. The Morgan fingerprint density at radius 1 is 1.32 bits per heavy atom. The molecule has 166 valence electrons. The molecule has 0 saturated carbocycles. The van der Waals surface area contributed by atoms with E-state index in [1.807, 2.05) is 32.0 Å². The lowest BCUT2D eigenvalue weighted by Crippen LogP contribution is -2.59. The second-order valence-electron chi connectivity index (χ2n) is 8.15. The number of piperazine rings is 1. The van der Waals surface area contributed by atoms with Gasteiger partial charge in [-0.1, -0.05) is 25.4 Å². The molecule has 3 aromatic rings. The molecule has 1 fully saturated rings. The van der Waals surface area contributed by atoms with Crippen LogP contribution in [0.25, 0.3) is 10.9 Å². The van der Waals surface area contributed by atoms with Crippen molar-refractivity contribution in [2.75, 3.05) is 18.8 Å². The quantitative estimate of drug-likeness (QED) is 0.560. The molecule has 1 aliphatic heterocycles. The number of hydrogen-bond donors (Lipinski definition) is 1. The number of aryl methyl sites for hydroxylation is 1. The molecule has 10 heteroatoms. The Morgan fingerprint density at radius 3 is 2.81 bits per heavy atom. The van der Waals surface area contributed by atoms with Gasteiger partial charge in [-0.15, -0.1) is 11.3 Å². The number of nitrogens with zero attached hydrogens (tertiary/aromatic N) is 3. The van der Waals surface area contributed by atoms with Gasteiger partial charge in [-0.2, -0.15) is 4.31 Å². The minimum Gasteiger partial charge on any atom is -0.357 e. The highest BCUT2D eigenvalue weighted by atomic mass is 35.5. The molecule has 1 amide bonds. The van der Waals surface area contributed by atoms with Gasteiger partial charge >= 0.3 is 0 Å². The second-order valence-corrected chi connectivity index (χ2v) is 12.0. The van der Waals surface area contributed by atoms with Gasteiger partial charge in [-0.05, 0) is 36.6 Å². The predicted molar refractivity (Wildman–Crippen MR) is 124 cm³/mol. The number of rotatable bonds is 7. The van der Waals surface area contributed by atoms with E-state index < -0.39 is 10.0 Å². The van der Waals surface area contributed by atoms with Crippen LogP contribution in [0.15, 0.2) is 36.7 Å². The molecule has 7 nitrogen and oxygen atoms in total. The molecule has 0 aliphatic carbocycles. The van der Waals surface area contributed by atoms with Gasteiger partial charge in [0.1, 0.15) is 0 Å². The van der Waals surface area contributed by atoms with Gasteiger partial charge in [0.15, 0.2) is 0 Å². The first-order valence-electron chi connectivity index (χ1n) is 10.2. The molecule has 1 atom stereocenters. The molecular weight excluding hydrogens is 456 g/mol. The molecular formula is C21H25ClN4O3S2. The van der Waals surface area contributed by atoms with E-state index in [-0.39, 0.29) is 30.2 Å². The maximum atomic E-state index is 13.0. The standard InChI is InChI=1S/C21H25ClN4O3S2/c1-14(2)19-12-25(31(28,29)8-6-17-3-4-20(22)30-17)13-21(27)26(19)11-16-9-15-10-23-7-5-18(15)24-16/h3-5,7,9-10,14,19,24H,6,8,11-13H2,1-2H3/t19-/m1/s1. The van der Waals surface area contributed by atoms with Crippen LogP contribution < -0.4 is 0 Å². The maximum absolute atomic E-state index is 13.0. The van der Waals surface area contributed by atoms with Crippen LogP contribution in [-0.2, 0) is 27.8 Å². The van der Waals surface area contributed by atoms with Gasteiger partial charge in [0.05, 0.1) is 23.2 Å². The van der Waals surface area contributed by atoms with E-state index in [1.54, 1.807) is 23.4 Å². The summed E-state index contributed by atoms with van der Waals surface area (Å²) in [6.45, 7) is 4.63. The Balaban J connectivity index is 1.48. The Morgan fingerprint density at radius 2 is 2.13 bits per heavy atom.